The predicted octanol–water partition coefficient (Wildman–Crippen LogP) is 1.88. The second-order valence-corrected chi connectivity index (χ2v) is 6.00. The summed E-state index contributed by atoms with van der Waals surface area (Å²) in [6.07, 6.45) is 1.77. The molecule has 23 heavy (non-hydrogen) atoms. The number of aryl methyl sites for hydroxylation is 1. The highest BCUT2D eigenvalue weighted by Gasteiger charge is 2.11. The maximum Gasteiger partial charge on any atom is 0.291 e. The largest absolute Gasteiger partial charge is 0.350 e. The molecule has 0 aliphatic rings. The van der Waals surface area contributed by atoms with Crippen molar-refractivity contribution in [3.05, 3.63) is 68.8 Å². The van der Waals surface area contributed by atoms with Gasteiger partial charge in [0.1, 0.15) is 17.9 Å². The van der Waals surface area contributed by atoms with Crippen LogP contribution in [0, 0.1) is 6.92 Å². The maximum atomic E-state index is 12.3. The summed E-state index contributed by atoms with van der Waals surface area (Å²) in [5.41, 5.74) is 1.20. The number of aromatic nitrogens is 3. The summed E-state index contributed by atoms with van der Waals surface area (Å²) in [6, 6.07) is 11.1. The number of hydrogen-bond acceptors (Lipinski definition) is 3. The van der Waals surface area contributed by atoms with Crippen molar-refractivity contribution < 1.29 is 4.79 Å². The van der Waals surface area contributed by atoms with Gasteiger partial charge in [0, 0.05) is 17.2 Å². The highest BCUT2D eigenvalue weighted by molar-refractivity contribution is 9.10. The molecule has 0 atom stereocenters. The zero-order valence-corrected chi connectivity index (χ0v) is 14.1. The van der Waals surface area contributed by atoms with Crippen LogP contribution >= 0.6 is 15.9 Å². The molecule has 0 spiro atoms. The van der Waals surface area contributed by atoms with Crippen LogP contribution in [0.5, 0.6) is 0 Å². The molecule has 0 radical (unpaired) electrons. The van der Waals surface area contributed by atoms with Gasteiger partial charge in [-0.2, -0.15) is 5.10 Å². The Morgan fingerprint density at radius 1 is 1.26 bits per heavy atom. The van der Waals surface area contributed by atoms with E-state index in [0.717, 1.165) is 10.0 Å². The quantitative estimate of drug-likeness (QED) is 0.757. The van der Waals surface area contributed by atoms with Gasteiger partial charge in [0.05, 0.1) is 0 Å². The zero-order chi connectivity index (χ0) is 16.4. The van der Waals surface area contributed by atoms with Crippen LogP contribution in [0.3, 0.4) is 0 Å². The van der Waals surface area contributed by atoms with Gasteiger partial charge in [-0.3, -0.25) is 14.0 Å². The molecule has 0 saturated carbocycles. The standard InChI is InChI=1S/C16H15BrN4O2/c1-11-19-21(16(23)14-7-4-8-20(11)14)10-15(22)18-9-12-5-2-3-6-13(12)17/h2-8H,9-10H2,1H3,(H,18,22). The van der Waals surface area contributed by atoms with Crippen LogP contribution in [0.15, 0.2) is 51.9 Å². The average molecular weight is 375 g/mol. The van der Waals surface area contributed by atoms with Crippen LogP contribution in [-0.4, -0.2) is 20.1 Å². The van der Waals surface area contributed by atoms with E-state index in [1.807, 2.05) is 24.3 Å². The third-order valence-electron chi connectivity index (χ3n) is 3.54. The molecule has 3 aromatic rings. The van der Waals surface area contributed by atoms with Gasteiger partial charge in [-0.1, -0.05) is 34.1 Å². The molecule has 3 rings (SSSR count). The van der Waals surface area contributed by atoms with Crippen molar-refractivity contribution >= 4 is 27.4 Å². The number of nitrogens with zero attached hydrogens (tertiary/aromatic N) is 3. The minimum absolute atomic E-state index is 0.105. The molecule has 2 heterocycles. The van der Waals surface area contributed by atoms with E-state index in [1.165, 1.54) is 4.68 Å². The van der Waals surface area contributed by atoms with Crippen molar-refractivity contribution in [1.29, 1.82) is 0 Å². The number of amides is 1. The summed E-state index contributed by atoms with van der Waals surface area (Å²) in [6.45, 7) is 2.08. The third kappa shape index (κ3) is 3.19. The molecule has 0 fully saturated rings. The van der Waals surface area contributed by atoms with E-state index < -0.39 is 0 Å². The smallest absolute Gasteiger partial charge is 0.291 e. The van der Waals surface area contributed by atoms with E-state index in [1.54, 1.807) is 29.7 Å². The van der Waals surface area contributed by atoms with Crippen molar-refractivity contribution in [2.45, 2.75) is 20.0 Å². The van der Waals surface area contributed by atoms with E-state index in [2.05, 4.69) is 26.3 Å². The first-order valence-electron chi connectivity index (χ1n) is 7.11. The molecule has 2 aromatic heterocycles. The number of carbonyl (C=O) groups excluding carboxylic acids is 1. The van der Waals surface area contributed by atoms with Crippen LogP contribution in [0.1, 0.15) is 11.4 Å². The fourth-order valence-corrected chi connectivity index (χ4v) is 2.80. The predicted molar refractivity (Wildman–Crippen MR) is 90.2 cm³/mol. The van der Waals surface area contributed by atoms with Crippen molar-refractivity contribution in [1.82, 2.24) is 19.5 Å². The van der Waals surface area contributed by atoms with Gasteiger partial charge in [0.15, 0.2) is 0 Å². The van der Waals surface area contributed by atoms with Crippen LogP contribution in [0.25, 0.3) is 5.52 Å². The van der Waals surface area contributed by atoms with Gasteiger partial charge in [-0.25, -0.2) is 4.68 Å². The second kappa shape index (κ2) is 6.37. The van der Waals surface area contributed by atoms with Gasteiger partial charge in [-0.15, -0.1) is 0 Å². The monoisotopic (exact) mass is 374 g/mol. The Morgan fingerprint density at radius 2 is 2.04 bits per heavy atom. The Balaban J connectivity index is 1.74. The lowest BCUT2D eigenvalue weighted by Gasteiger charge is -2.09. The van der Waals surface area contributed by atoms with E-state index in [-0.39, 0.29) is 18.0 Å². The minimum atomic E-state index is -0.281. The van der Waals surface area contributed by atoms with Gasteiger partial charge in [0.2, 0.25) is 5.91 Å². The molecule has 0 aliphatic heterocycles. The van der Waals surface area contributed by atoms with E-state index in [9.17, 15) is 9.59 Å². The molecule has 6 nitrogen and oxygen atoms in total. The highest BCUT2D eigenvalue weighted by Crippen LogP contribution is 2.15. The summed E-state index contributed by atoms with van der Waals surface area (Å²) >= 11 is 3.44. The van der Waals surface area contributed by atoms with Crippen molar-refractivity contribution in [2.24, 2.45) is 0 Å². The fraction of sp³-hybridized carbons (Fsp3) is 0.188. The molecule has 1 amide bonds. The van der Waals surface area contributed by atoms with Crippen LogP contribution in [-0.2, 0) is 17.9 Å². The molecule has 0 saturated heterocycles. The SMILES string of the molecule is Cc1nn(CC(=O)NCc2ccccc2Br)c(=O)c2cccn12. The normalized spacial score (nSPS) is 10.9. The number of fused-ring (bicyclic) bond motifs is 1. The number of rotatable bonds is 4. The third-order valence-corrected chi connectivity index (χ3v) is 4.32. The van der Waals surface area contributed by atoms with Gasteiger partial charge >= 0.3 is 0 Å². The summed E-state index contributed by atoms with van der Waals surface area (Å²) < 4.78 is 3.83. The number of nitrogens with one attached hydrogen (secondary N) is 1. The van der Waals surface area contributed by atoms with Crippen molar-refractivity contribution in [3.63, 3.8) is 0 Å². The molecule has 0 aliphatic carbocycles. The van der Waals surface area contributed by atoms with Gasteiger partial charge < -0.3 is 5.32 Å². The molecule has 118 valence electrons. The van der Waals surface area contributed by atoms with E-state index in [0.29, 0.717) is 17.9 Å². The van der Waals surface area contributed by atoms with Gasteiger partial charge in [0.25, 0.3) is 5.56 Å². The Morgan fingerprint density at radius 3 is 2.83 bits per heavy atom. The van der Waals surface area contributed by atoms with Crippen molar-refractivity contribution in [3.8, 4) is 0 Å². The lowest BCUT2D eigenvalue weighted by atomic mass is 10.2. The molecular formula is C16H15BrN4O2. The topological polar surface area (TPSA) is 68.4 Å². The Bertz CT molecular complexity index is 929. The zero-order valence-electron chi connectivity index (χ0n) is 12.5. The van der Waals surface area contributed by atoms with E-state index >= 15 is 0 Å². The lowest BCUT2D eigenvalue weighted by Crippen LogP contribution is -2.34. The lowest BCUT2D eigenvalue weighted by molar-refractivity contribution is -0.122. The molecule has 1 N–H and O–H groups in total. The number of carbonyl (C=O) groups is 1. The molecule has 1 aromatic carbocycles. The van der Waals surface area contributed by atoms with Crippen LogP contribution in [0.2, 0.25) is 0 Å². The molecule has 0 unspecified atom stereocenters. The summed E-state index contributed by atoms with van der Waals surface area (Å²) in [7, 11) is 0. The molecule has 0 bridgehead atoms. The second-order valence-electron chi connectivity index (χ2n) is 5.14. The summed E-state index contributed by atoms with van der Waals surface area (Å²) in [5.74, 6) is 0.397. The Hall–Kier alpha value is -2.41. The Kier molecular flexibility index (Phi) is 4.29. The van der Waals surface area contributed by atoms with Gasteiger partial charge in [-0.05, 0) is 30.7 Å². The average Bonchev–Trinajstić information content (AvgIpc) is 3.02. The molecular weight excluding hydrogens is 360 g/mol. The first kappa shape index (κ1) is 15.5. The highest BCUT2D eigenvalue weighted by atomic mass is 79.9. The number of hydrogen-bond donors (Lipinski definition) is 1. The van der Waals surface area contributed by atoms with E-state index in [4.69, 9.17) is 0 Å². The van der Waals surface area contributed by atoms with Crippen molar-refractivity contribution in [2.75, 3.05) is 0 Å². The summed E-state index contributed by atoms with van der Waals surface area (Å²) in [5, 5.41) is 6.98. The Labute approximate surface area is 140 Å². The van der Waals surface area contributed by atoms with Crippen LogP contribution in [0.4, 0.5) is 0 Å². The fourth-order valence-electron chi connectivity index (χ4n) is 2.37. The maximum absolute atomic E-state index is 12.3. The first-order chi connectivity index (χ1) is 11.1. The minimum Gasteiger partial charge on any atom is -0.350 e. The first-order valence-corrected chi connectivity index (χ1v) is 7.90. The number of halogens is 1. The number of benzene rings is 1. The van der Waals surface area contributed by atoms with Crippen LogP contribution < -0.4 is 10.9 Å². The summed E-state index contributed by atoms with van der Waals surface area (Å²) in [4.78, 5) is 24.4. The molecule has 7 heteroatoms.